The van der Waals surface area contributed by atoms with Gasteiger partial charge in [-0.05, 0) is 24.1 Å². The zero-order valence-electron chi connectivity index (χ0n) is 10.8. The van der Waals surface area contributed by atoms with Gasteiger partial charge in [0.15, 0.2) is 0 Å². The predicted octanol–water partition coefficient (Wildman–Crippen LogP) is 2.09. The number of fused-ring (bicyclic) bond motifs is 1. The number of hydrogen-bond acceptors (Lipinski definition) is 3. The van der Waals surface area contributed by atoms with Gasteiger partial charge in [0.05, 0.1) is 11.3 Å². The fourth-order valence-corrected chi connectivity index (χ4v) is 2.18. The maximum Gasteiger partial charge on any atom is 0.273 e. The van der Waals surface area contributed by atoms with E-state index in [1.807, 2.05) is 38.3 Å². The van der Waals surface area contributed by atoms with Crippen LogP contribution in [-0.2, 0) is 4.79 Å². The number of pyridine rings is 1. The van der Waals surface area contributed by atoms with E-state index in [1.54, 1.807) is 6.20 Å². The number of aromatic amines is 1. The Morgan fingerprint density at radius 2 is 2.21 bits per heavy atom. The summed E-state index contributed by atoms with van der Waals surface area (Å²) in [5.41, 5.74) is 5.70. The predicted molar refractivity (Wildman–Crippen MR) is 74.5 cm³/mol. The average molecular weight is 254 g/mol. The lowest BCUT2D eigenvalue weighted by Gasteiger charge is -2.03. The van der Waals surface area contributed by atoms with Crippen LogP contribution in [0.25, 0.3) is 17.1 Å². The van der Waals surface area contributed by atoms with Crippen LogP contribution in [0.4, 0.5) is 0 Å². The van der Waals surface area contributed by atoms with Crippen molar-refractivity contribution in [2.45, 2.75) is 13.8 Å². The minimum atomic E-state index is -0.151. The Labute approximate surface area is 110 Å². The normalized spacial score (nSPS) is 17.3. The van der Waals surface area contributed by atoms with Crippen LogP contribution in [0.15, 0.2) is 35.2 Å². The number of nitrogens with zero attached hydrogens (tertiary/aromatic N) is 2. The molecule has 0 atom stereocenters. The molecular formula is C14H14N4O. The highest BCUT2D eigenvalue weighted by atomic mass is 16.2. The molecule has 0 fully saturated rings. The molecule has 96 valence electrons. The summed E-state index contributed by atoms with van der Waals surface area (Å²) in [7, 11) is 0. The van der Waals surface area contributed by atoms with Gasteiger partial charge in [-0.3, -0.25) is 4.79 Å². The number of aromatic nitrogens is 2. The van der Waals surface area contributed by atoms with Gasteiger partial charge >= 0.3 is 0 Å². The summed E-state index contributed by atoms with van der Waals surface area (Å²) < 4.78 is 0. The van der Waals surface area contributed by atoms with Crippen molar-refractivity contribution in [2.75, 3.05) is 0 Å². The summed E-state index contributed by atoms with van der Waals surface area (Å²) in [4.78, 5) is 19.2. The van der Waals surface area contributed by atoms with Crippen LogP contribution in [0.5, 0.6) is 0 Å². The first-order valence-corrected chi connectivity index (χ1v) is 6.19. The Morgan fingerprint density at radius 3 is 3.00 bits per heavy atom. The molecule has 2 N–H and O–H groups in total. The van der Waals surface area contributed by atoms with E-state index >= 15 is 0 Å². The van der Waals surface area contributed by atoms with Crippen molar-refractivity contribution in [2.24, 2.45) is 11.0 Å². The molecule has 5 heteroatoms. The first-order valence-electron chi connectivity index (χ1n) is 6.19. The lowest BCUT2D eigenvalue weighted by molar-refractivity contribution is -0.116. The quantitative estimate of drug-likeness (QED) is 0.805. The first-order chi connectivity index (χ1) is 9.16. The van der Waals surface area contributed by atoms with Gasteiger partial charge in [0.25, 0.3) is 5.91 Å². The molecule has 3 heterocycles. The van der Waals surface area contributed by atoms with Crippen LogP contribution in [0, 0.1) is 5.92 Å². The highest BCUT2D eigenvalue weighted by Gasteiger charge is 2.24. The maximum atomic E-state index is 11.8. The molecule has 0 saturated heterocycles. The fraction of sp³-hybridized carbons (Fsp3) is 0.214. The van der Waals surface area contributed by atoms with Crippen LogP contribution in [0.2, 0.25) is 0 Å². The molecule has 1 amide bonds. The fourth-order valence-electron chi connectivity index (χ4n) is 2.18. The zero-order valence-corrected chi connectivity index (χ0v) is 10.8. The molecule has 0 aliphatic carbocycles. The standard InChI is InChI=1S/C14H14N4O/c1-8(2)12-11(14(19)18-17-12)6-9-7-16-13-10(9)4-3-5-15-13/h3-8H,1-2H3,(H,15,16)(H,18,19)/b11-6-. The molecule has 2 aromatic heterocycles. The van der Waals surface area contributed by atoms with Crippen LogP contribution >= 0.6 is 0 Å². The highest BCUT2D eigenvalue weighted by Crippen LogP contribution is 2.22. The summed E-state index contributed by atoms with van der Waals surface area (Å²) in [6.07, 6.45) is 5.45. The van der Waals surface area contributed by atoms with Gasteiger partial charge in [-0.15, -0.1) is 0 Å². The Balaban J connectivity index is 2.10. The van der Waals surface area contributed by atoms with Gasteiger partial charge in [0, 0.05) is 23.3 Å². The SMILES string of the molecule is CC(C)C1=NNC(=O)/C1=C\c1c[nH]c2ncccc12. The Bertz CT molecular complexity index is 709. The van der Waals surface area contributed by atoms with Crippen molar-refractivity contribution >= 4 is 28.7 Å². The lowest BCUT2D eigenvalue weighted by Crippen LogP contribution is -2.15. The zero-order chi connectivity index (χ0) is 13.4. The third-order valence-corrected chi connectivity index (χ3v) is 3.13. The number of carbonyl (C=O) groups excluding carboxylic acids is 1. The van der Waals surface area contributed by atoms with Gasteiger partial charge in [-0.25, -0.2) is 10.4 Å². The maximum absolute atomic E-state index is 11.8. The molecule has 0 radical (unpaired) electrons. The monoisotopic (exact) mass is 254 g/mol. The number of H-pyrrole nitrogens is 1. The van der Waals surface area contributed by atoms with Crippen molar-refractivity contribution in [1.29, 1.82) is 0 Å². The molecule has 19 heavy (non-hydrogen) atoms. The second-order valence-electron chi connectivity index (χ2n) is 4.79. The first kappa shape index (κ1) is 11.6. The number of rotatable bonds is 2. The summed E-state index contributed by atoms with van der Waals surface area (Å²) in [6, 6.07) is 3.86. The summed E-state index contributed by atoms with van der Waals surface area (Å²) in [6.45, 7) is 4.04. The minimum Gasteiger partial charge on any atom is -0.346 e. The Hall–Kier alpha value is -2.43. The summed E-state index contributed by atoms with van der Waals surface area (Å²) >= 11 is 0. The molecule has 1 aliphatic heterocycles. The molecular weight excluding hydrogens is 240 g/mol. The van der Waals surface area contributed by atoms with Crippen LogP contribution in [0.3, 0.4) is 0 Å². The molecule has 0 saturated carbocycles. The van der Waals surface area contributed by atoms with E-state index in [0.717, 1.165) is 22.3 Å². The van der Waals surface area contributed by atoms with Gasteiger partial charge in [0.2, 0.25) is 0 Å². The molecule has 1 aliphatic rings. The molecule has 3 rings (SSSR count). The van der Waals surface area contributed by atoms with Crippen LogP contribution in [-0.4, -0.2) is 21.6 Å². The number of amides is 1. The number of hydrazone groups is 1. The molecule has 0 spiro atoms. The minimum absolute atomic E-state index is 0.151. The van der Waals surface area contributed by atoms with Gasteiger partial charge in [0.1, 0.15) is 5.65 Å². The van der Waals surface area contributed by atoms with Crippen molar-refractivity contribution in [3.63, 3.8) is 0 Å². The Kier molecular flexibility index (Phi) is 2.67. The number of carbonyl (C=O) groups is 1. The van der Waals surface area contributed by atoms with E-state index < -0.39 is 0 Å². The summed E-state index contributed by atoms with van der Waals surface area (Å²) in [5, 5.41) is 5.08. The van der Waals surface area contributed by atoms with Crippen molar-refractivity contribution in [1.82, 2.24) is 15.4 Å². The largest absolute Gasteiger partial charge is 0.346 e. The third-order valence-electron chi connectivity index (χ3n) is 3.13. The van der Waals surface area contributed by atoms with Gasteiger partial charge < -0.3 is 4.98 Å². The van der Waals surface area contributed by atoms with Crippen molar-refractivity contribution in [3.8, 4) is 0 Å². The van der Waals surface area contributed by atoms with E-state index in [4.69, 9.17) is 0 Å². The van der Waals surface area contributed by atoms with Crippen LogP contribution < -0.4 is 5.43 Å². The molecule has 0 aromatic carbocycles. The topological polar surface area (TPSA) is 70.1 Å². The average Bonchev–Trinajstić information content (AvgIpc) is 2.96. The van der Waals surface area contributed by atoms with Gasteiger partial charge in [-0.1, -0.05) is 13.8 Å². The van der Waals surface area contributed by atoms with E-state index in [-0.39, 0.29) is 11.8 Å². The molecule has 0 bridgehead atoms. The van der Waals surface area contributed by atoms with E-state index in [0.29, 0.717) is 5.57 Å². The second kappa shape index (κ2) is 4.35. The molecule has 5 nitrogen and oxygen atoms in total. The number of nitrogens with one attached hydrogen (secondary N) is 2. The van der Waals surface area contributed by atoms with Crippen LogP contribution in [0.1, 0.15) is 19.4 Å². The van der Waals surface area contributed by atoms with Crippen molar-refractivity contribution < 1.29 is 4.79 Å². The lowest BCUT2D eigenvalue weighted by atomic mass is 9.98. The van der Waals surface area contributed by atoms with E-state index in [9.17, 15) is 4.79 Å². The smallest absolute Gasteiger partial charge is 0.273 e. The van der Waals surface area contributed by atoms with Crippen molar-refractivity contribution in [3.05, 3.63) is 35.7 Å². The Morgan fingerprint density at radius 1 is 1.37 bits per heavy atom. The third kappa shape index (κ3) is 1.93. The number of hydrogen-bond donors (Lipinski definition) is 2. The van der Waals surface area contributed by atoms with E-state index in [1.165, 1.54) is 0 Å². The second-order valence-corrected chi connectivity index (χ2v) is 4.79. The van der Waals surface area contributed by atoms with E-state index in [2.05, 4.69) is 20.5 Å². The molecule has 0 unspecified atom stereocenters. The molecule has 2 aromatic rings. The summed E-state index contributed by atoms with van der Waals surface area (Å²) in [5.74, 6) is 0.0514. The highest BCUT2D eigenvalue weighted by molar-refractivity contribution is 6.28. The van der Waals surface area contributed by atoms with Gasteiger partial charge in [-0.2, -0.15) is 5.10 Å².